The molecule has 0 heterocycles. The number of benzene rings is 1. The van der Waals surface area contributed by atoms with Gasteiger partial charge in [-0.3, -0.25) is 0 Å². The van der Waals surface area contributed by atoms with E-state index >= 15 is 0 Å². The van der Waals surface area contributed by atoms with E-state index < -0.39 is 0 Å². The molecule has 0 aromatic heterocycles. The molecule has 0 radical (unpaired) electrons. The minimum absolute atomic E-state index is 0.0985. The Morgan fingerprint density at radius 3 is 2.87 bits per heavy atom. The Bertz CT molecular complexity index is 338. The summed E-state index contributed by atoms with van der Waals surface area (Å²) in [5.41, 5.74) is 0.558. The molecule has 0 amide bonds. The Hall–Kier alpha value is -1.35. The maximum absolute atomic E-state index is 13.6. The Balaban J connectivity index is 3.13. The highest BCUT2D eigenvalue weighted by molar-refractivity contribution is 5.37. The lowest BCUT2D eigenvalue weighted by Gasteiger charge is -2.18. The van der Waals surface area contributed by atoms with Crippen molar-refractivity contribution in [2.24, 2.45) is 0 Å². The van der Waals surface area contributed by atoms with E-state index in [1.54, 1.807) is 32.4 Å². The van der Waals surface area contributed by atoms with Gasteiger partial charge in [0.25, 0.3) is 0 Å². The minimum atomic E-state index is -0.254. The van der Waals surface area contributed by atoms with Crippen LogP contribution in [0.15, 0.2) is 30.9 Å². The Morgan fingerprint density at radius 2 is 2.33 bits per heavy atom. The molecule has 0 saturated carbocycles. The molecule has 0 saturated heterocycles. The van der Waals surface area contributed by atoms with Crippen molar-refractivity contribution in [3.8, 4) is 5.75 Å². The van der Waals surface area contributed by atoms with Crippen LogP contribution in [0.5, 0.6) is 5.75 Å². The molecule has 0 fully saturated rings. The third kappa shape index (κ3) is 2.57. The van der Waals surface area contributed by atoms with Gasteiger partial charge in [0.15, 0.2) is 0 Å². The molecule has 1 aromatic carbocycles. The molecule has 82 valence electrons. The number of hydrogen-bond donors (Lipinski definition) is 1. The molecule has 1 unspecified atom stereocenters. The van der Waals surface area contributed by atoms with Gasteiger partial charge < -0.3 is 10.1 Å². The first-order valence-corrected chi connectivity index (χ1v) is 4.85. The van der Waals surface area contributed by atoms with Crippen molar-refractivity contribution in [2.75, 3.05) is 14.2 Å². The number of nitrogens with one attached hydrogen (secondary N) is 1. The van der Waals surface area contributed by atoms with Crippen molar-refractivity contribution in [1.82, 2.24) is 5.32 Å². The van der Waals surface area contributed by atoms with Crippen molar-refractivity contribution < 1.29 is 9.13 Å². The molecule has 15 heavy (non-hydrogen) atoms. The lowest BCUT2D eigenvalue weighted by atomic mass is 10.0. The summed E-state index contributed by atoms with van der Waals surface area (Å²) in [6, 6.07) is 4.73. The van der Waals surface area contributed by atoms with Crippen molar-refractivity contribution in [3.63, 3.8) is 0 Å². The summed E-state index contributed by atoms with van der Waals surface area (Å²) in [6.45, 7) is 3.66. The molecule has 1 aromatic rings. The zero-order chi connectivity index (χ0) is 11.3. The lowest BCUT2D eigenvalue weighted by Crippen LogP contribution is -2.17. The van der Waals surface area contributed by atoms with Crippen molar-refractivity contribution in [1.29, 1.82) is 0 Å². The normalized spacial score (nSPS) is 12.2. The summed E-state index contributed by atoms with van der Waals surface area (Å²) in [7, 11) is 3.33. The fraction of sp³-hybridized carbons (Fsp3) is 0.333. The Labute approximate surface area is 89.8 Å². The van der Waals surface area contributed by atoms with Gasteiger partial charge in [-0.1, -0.05) is 12.1 Å². The summed E-state index contributed by atoms with van der Waals surface area (Å²) in [4.78, 5) is 0. The zero-order valence-corrected chi connectivity index (χ0v) is 9.09. The van der Waals surface area contributed by atoms with Gasteiger partial charge in [-0.05, 0) is 25.6 Å². The highest BCUT2D eigenvalue weighted by atomic mass is 19.1. The van der Waals surface area contributed by atoms with Crippen LogP contribution in [0.4, 0.5) is 4.39 Å². The van der Waals surface area contributed by atoms with E-state index in [4.69, 9.17) is 4.74 Å². The Morgan fingerprint density at radius 1 is 1.60 bits per heavy atom. The second-order valence-electron chi connectivity index (χ2n) is 3.22. The molecule has 1 atom stereocenters. The van der Waals surface area contributed by atoms with Crippen LogP contribution in [0.25, 0.3) is 0 Å². The monoisotopic (exact) mass is 209 g/mol. The fourth-order valence-electron chi connectivity index (χ4n) is 1.58. The predicted molar refractivity (Wildman–Crippen MR) is 59.6 cm³/mol. The van der Waals surface area contributed by atoms with Gasteiger partial charge in [0.1, 0.15) is 11.6 Å². The van der Waals surface area contributed by atoms with E-state index in [1.807, 2.05) is 0 Å². The van der Waals surface area contributed by atoms with Crippen molar-refractivity contribution >= 4 is 0 Å². The SMILES string of the molecule is C=CCC(NC)c1c(F)cccc1OC. The van der Waals surface area contributed by atoms with Gasteiger partial charge in [0.2, 0.25) is 0 Å². The third-order valence-corrected chi connectivity index (χ3v) is 2.33. The van der Waals surface area contributed by atoms with Gasteiger partial charge in [-0.2, -0.15) is 0 Å². The predicted octanol–water partition coefficient (Wildman–Crippen LogP) is 2.67. The average Bonchev–Trinajstić information content (AvgIpc) is 2.26. The quantitative estimate of drug-likeness (QED) is 0.753. The molecule has 0 aliphatic rings. The second-order valence-corrected chi connectivity index (χ2v) is 3.22. The van der Waals surface area contributed by atoms with Gasteiger partial charge in [-0.15, -0.1) is 6.58 Å². The van der Waals surface area contributed by atoms with E-state index in [2.05, 4.69) is 11.9 Å². The molecule has 0 bridgehead atoms. The van der Waals surface area contributed by atoms with E-state index in [9.17, 15) is 4.39 Å². The number of halogens is 1. The first-order valence-electron chi connectivity index (χ1n) is 4.85. The van der Waals surface area contributed by atoms with Crippen LogP contribution in [-0.2, 0) is 0 Å². The van der Waals surface area contributed by atoms with Gasteiger partial charge >= 0.3 is 0 Å². The summed E-state index contributed by atoms with van der Waals surface area (Å²) < 4.78 is 18.8. The molecule has 0 aliphatic heterocycles. The molecule has 3 heteroatoms. The summed E-state index contributed by atoms with van der Waals surface area (Å²) >= 11 is 0. The highest BCUT2D eigenvalue weighted by Gasteiger charge is 2.17. The van der Waals surface area contributed by atoms with Crippen molar-refractivity contribution in [3.05, 3.63) is 42.2 Å². The van der Waals surface area contributed by atoms with E-state index in [1.165, 1.54) is 6.07 Å². The first-order chi connectivity index (χ1) is 7.24. The molecule has 1 rings (SSSR count). The topological polar surface area (TPSA) is 21.3 Å². The van der Waals surface area contributed by atoms with Gasteiger partial charge in [0, 0.05) is 11.6 Å². The number of ether oxygens (including phenoxy) is 1. The highest BCUT2D eigenvalue weighted by Crippen LogP contribution is 2.29. The first kappa shape index (κ1) is 11.7. The molecule has 0 aliphatic carbocycles. The van der Waals surface area contributed by atoms with Crippen LogP contribution in [0.3, 0.4) is 0 Å². The van der Waals surface area contributed by atoms with Gasteiger partial charge in [-0.25, -0.2) is 4.39 Å². The van der Waals surface area contributed by atoms with E-state index in [0.29, 0.717) is 17.7 Å². The maximum atomic E-state index is 13.6. The standard InChI is InChI=1S/C12H16FNO/c1-4-6-10(14-2)12-9(13)7-5-8-11(12)15-3/h4-5,7-8,10,14H,1,6H2,2-3H3. The fourth-order valence-corrected chi connectivity index (χ4v) is 1.58. The summed E-state index contributed by atoms with van der Waals surface area (Å²) in [5, 5.41) is 3.04. The number of methoxy groups -OCH3 is 1. The summed E-state index contributed by atoms with van der Waals surface area (Å²) in [6.07, 6.45) is 2.42. The largest absolute Gasteiger partial charge is 0.496 e. The third-order valence-electron chi connectivity index (χ3n) is 2.33. The van der Waals surface area contributed by atoms with Crippen LogP contribution >= 0.6 is 0 Å². The maximum Gasteiger partial charge on any atom is 0.131 e. The molecular formula is C12H16FNO. The molecular weight excluding hydrogens is 193 g/mol. The Kier molecular flexibility index (Phi) is 4.31. The van der Waals surface area contributed by atoms with Crippen LogP contribution in [0.1, 0.15) is 18.0 Å². The van der Waals surface area contributed by atoms with E-state index in [0.717, 1.165) is 0 Å². The zero-order valence-electron chi connectivity index (χ0n) is 9.09. The van der Waals surface area contributed by atoms with Crippen molar-refractivity contribution in [2.45, 2.75) is 12.5 Å². The average molecular weight is 209 g/mol. The van der Waals surface area contributed by atoms with Crippen LogP contribution in [0.2, 0.25) is 0 Å². The van der Waals surface area contributed by atoms with Crippen LogP contribution < -0.4 is 10.1 Å². The summed E-state index contributed by atoms with van der Waals surface area (Å²) in [5.74, 6) is 0.312. The minimum Gasteiger partial charge on any atom is -0.496 e. The smallest absolute Gasteiger partial charge is 0.131 e. The van der Waals surface area contributed by atoms with Crippen LogP contribution in [0, 0.1) is 5.82 Å². The van der Waals surface area contributed by atoms with Gasteiger partial charge in [0.05, 0.1) is 7.11 Å². The number of hydrogen-bond acceptors (Lipinski definition) is 2. The molecule has 1 N–H and O–H groups in total. The number of rotatable bonds is 5. The van der Waals surface area contributed by atoms with Crippen LogP contribution in [-0.4, -0.2) is 14.2 Å². The molecule has 2 nitrogen and oxygen atoms in total. The lowest BCUT2D eigenvalue weighted by molar-refractivity contribution is 0.394. The van der Waals surface area contributed by atoms with E-state index in [-0.39, 0.29) is 11.9 Å². The second kappa shape index (κ2) is 5.51. The molecule has 0 spiro atoms.